The molecule has 3 rings (SSSR count). The molecule has 0 unspecified atom stereocenters. The number of Topliss-reactive ketones (excluding diaryl/α,β-unsaturated/α-hetero) is 1. The van der Waals surface area contributed by atoms with E-state index in [1.165, 1.54) is 0 Å². The zero-order valence-corrected chi connectivity index (χ0v) is 20.8. The molecule has 0 aromatic carbocycles. The normalized spacial score (nSPS) is 18.5. The van der Waals surface area contributed by atoms with Crippen molar-refractivity contribution in [2.45, 2.75) is 58.4 Å². The van der Waals surface area contributed by atoms with Crippen LogP contribution in [0.25, 0.3) is 0 Å². The van der Waals surface area contributed by atoms with Gasteiger partial charge in [-0.05, 0) is 25.2 Å². The lowest BCUT2D eigenvalue weighted by Gasteiger charge is -2.28. The quantitative estimate of drug-likeness (QED) is 0.416. The SMILES string of the molecule is CC[C@@H](NC(=O)[C@H](CC(=O)N1CCOCC1)CS(=O)(=O)CC(C)C)C(=O)c1nc(C2CC2)no1. The van der Waals surface area contributed by atoms with Crippen molar-refractivity contribution in [3.05, 3.63) is 11.7 Å². The van der Waals surface area contributed by atoms with Gasteiger partial charge in [-0.3, -0.25) is 14.4 Å². The minimum Gasteiger partial charge on any atom is -0.378 e. The van der Waals surface area contributed by atoms with Crippen molar-refractivity contribution in [2.24, 2.45) is 11.8 Å². The second kappa shape index (κ2) is 11.4. The van der Waals surface area contributed by atoms with Crippen molar-refractivity contribution < 1.29 is 32.1 Å². The standard InChI is InChI=1S/C22H34N4O7S/c1-4-17(19(28)22-24-20(25-33-22)15-5-6-15)23-21(29)16(13-34(30,31)12-14(2)3)11-18(27)26-7-9-32-10-8-26/h14-17H,4-13H2,1-3H3,(H,23,29)/t16-,17-/m1/s1. The van der Waals surface area contributed by atoms with Crippen LogP contribution in [0.1, 0.15) is 68.9 Å². The third-order valence-electron chi connectivity index (χ3n) is 5.83. The van der Waals surface area contributed by atoms with Crippen LogP contribution < -0.4 is 5.32 Å². The van der Waals surface area contributed by atoms with E-state index < -0.39 is 39.2 Å². The maximum absolute atomic E-state index is 13.2. The van der Waals surface area contributed by atoms with Crippen LogP contribution in [0.3, 0.4) is 0 Å². The smallest absolute Gasteiger partial charge is 0.296 e. The molecular weight excluding hydrogens is 464 g/mol. The molecule has 1 aliphatic carbocycles. The van der Waals surface area contributed by atoms with Crippen LogP contribution in [0, 0.1) is 11.8 Å². The van der Waals surface area contributed by atoms with Crippen LogP contribution >= 0.6 is 0 Å². The molecule has 0 bridgehead atoms. The number of ether oxygens (including phenoxy) is 1. The molecule has 0 radical (unpaired) electrons. The van der Waals surface area contributed by atoms with Gasteiger partial charge in [0.05, 0.1) is 36.7 Å². The van der Waals surface area contributed by atoms with Crippen molar-refractivity contribution >= 4 is 27.4 Å². The number of nitrogens with zero attached hydrogens (tertiary/aromatic N) is 3. The molecule has 0 spiro atoms. The Balaban J connectivity index is 1.71. The Labute approximate surface area is 199 Å². The molecule has 2 fully saturated rings. The molecule has 1 aromatic rings. The highest BCUT2D eigenvalue weighted by Crippen LogP contribution is 2.38. The van der Waals surface area contributed by atoms with Crippen LogP contribution in [-0.2, 0) is 24.2 Å². The lowest BCUT2D eigenvalue weighted by Crippen LogP contribution is -2.47. The Morgan fingerprint density at radius 3 is 2.41 bits per heavy atom. The highest BCUT2D eigenvalue weighted by atomic mass is 32.2. The Morgan fingerprint density at radius 1 is 1.15 bits per heavy atom. The third-order valence-corrected chi connectivity index (χ3v) is 7.92. The summed E-state index contributed by atoms with van der Waals surface area (Å²) in [5.74, 6) is -2.78. The summed E-state index contributed by atoms with van der Waals surface area (Å²) >= 11 is 0. The van der Waals surface area contributed by atoms with E-state index in [4.69, 9.17) is 9.26 Å². The topological polar surface area (TPSA) is 149 Å². The fourth-order valence-electron chi connectivity index (χ4n) is 3.90. The van der Waals surface area contributed by atoms with Gasteiger partial charge in [-0.15, -0.1) is 0 Å². The fraction of sp³-hybridized carbons (Fsp3) is 0.773. The summed E-state index contributed by atoms with van der Waals surface area (Å²) in [6.07, 6.45) is 1.88. The highest BCUT2D eigenvalue weighted by Gasteiger charge is 2.35. The van der Waals surface area contributed by atoms with Gasteiger partial charge in [-0.2, -0.15) is 4.98 Å². The first-order valence-corrected chi connectivity index (χ1v) is 13.7. The van der Waals surface area contributed by atoms with E-state index in [9.17, 15) is 22.8 Å². The number of amides is 2. The lowest BCUT2D eigenvalue weighted by atomic mass is 10.0. The van der Waals surface area contributed by atoms with E-state index in [0.717, 1.165) is 12.8 Å². The van der Waals surface area contributed by atoms with E-state index in [2.05, 4.69) is 15.5 Å². The first-order valence-electron chi connectivity index (χ1n) is 11.8. The van der Waals surface area contributed by atoms with Crippen molar-refractivity contribution in [1.82, 2.24) is 20.4 Å². The molecule has 1 aromatic heterocycles. The molecule has 2 aliphatic rings. The summed E-state index contributed by atoms with van der Waals surface area (Å²) in [4.78, 5) is 44.6. The minimum absolute atomic E-state index is 0.0927. The van der Waals surface area contributed by atoms with Gasteiger partial charge in [0.25, 0.3) is 5.89 Å². The van der Waals surface area contributed by atoms with Crippen LogP contribution in [-0.4, -0.2) is 84.9 Å². The van der Waals surface area contributed by atoms with Gasteiger partial charge in [0.2, 0.25) is 17.6 Å². The lowest BCUT2D eigenvalue weighted by molar-refractivity contribution is -0.139. The molecule has 1 N–H and O–H groups in total. The van der Waals surface area contributed by atoms with Gasteiger partial charge in [-0.25, -0.2) is 8.42 Å². The largest absolute Gasteiger partial charge is 0.378 e. The van der Waals surface area contributed by atoms with Gasteiger partial charge in [0.15, 0.2) is 15.7 Å². The van der Waals surface area contributed by atoms with Gasteiger partial charge in [-0.1, -0.05) is 25.9 Å². The van der Waals surface area contributed by atoms with Crippen molar-refractivity contribution in [2.75, 3.05) is 37.8 Å². The van der Waals surface area contributed by atoms with E-state index in [1.54, 1.807) is 25.7 Å². The molecule has 2 atom stereocenters. The van der Waals surface area contributed by atoms with E-state index >= 15 is 0 Å². The number of rotatable bonds is 12. The molecule has 1 saturated carbocycles. The van der Waals surface area contributed by atoms with E-state index in [0.29, 0.717) is 32.1 Å². The Hall–Kier alpha value is -2.34. The monoisotopic (exact) mass is 498 g/mol. The minimum atomic E-state index is -3.60. The Morgan fingerprint density at radius 2 is 1.82 bits per heavy atom. The summed E-state index contributed by atoms with van der Waals surface area (Å²) in [5.41, 5.74) is 0. The molecule has 190 valence electrons. The molecule has 1 saturated heterocycles. The average molecular weight is 499 g/mol. The number of hydrogen-bond donors (Lipinski definition) is 1. The predicted octanol–water partition coefficient (Wildman–Crippen LogP) is 0.960. The molecule has 12 heteroatoms. The van der Waals surface area contributed by atoms with Crippen molar-refractivity contribution in [1.29, 1.82) is 0 Å². The predicted molar refractivity (Wildman–Crippen MR) is 122 cm³/mol. The zero-order chi connectivity index (χ0) is 24.9. The first kappa shape index (κ1) is 26.3. The number of hydrogen-bond acceptors (Lipinski definition) is 9. The maximum Gasteiger partial charge on any atom is 0.296 e. The van der Waals surface area contributed by atoms with Gasteiger partial charge >= 0.3 is 0 Å². The van der Waals surface area contributed by atoms with E-state index in [-0.39, 0.29) is 42.2 Å². The Bertz CT molecular complexity index is 981. The second-order valence-corrected chi connectivity index (χ2v) is 11.6. The molecule has 1 aliphatic heterocycles. The van der Waals surface area contributed by atoms with Crippen LogP contribution in [0.4, 0.5) is 0 Å². The number of sulfone groups is 1. The molecular formula is C22H34N4O7S. The van der Waals surface area contributed by atoms with Gasteiger partial charge < -0.3 is 19.5 Å². The fourth-order valence-corrected chi connectivity index (χ4v) is 5.93. The number of nitrogens with one attached hydrogen (secondary N) is 1. The van der Waals surface area contributed by atoms with Crippen LogP contribution in [0.5, 0.6) is 0 Å². The molecule has 2 heterocycles. The van der Waals surface area contributed by atoms with Gasteiger partial charge in [0, 0.05) is 25.4 Å². The summed E-state index contributed by atoms with van der Waals surface area (Å²) in [7, 11) is -3.60. The van der Waals surface area contributed by atoms with E-state index in [1.807, 2.05) is 0 Å². The summed E-state index contributed by atoms with van der Waals surface area (Å²) in [5, 5.41) is 6.47. The summed E-state index contributed by atoms with van der Waals surface area (Å²) < 4.78 is 35.7. The number of carbonyl (C=O) groups excluding carboxylic acids is 3. The molecule has 11 nitrogen and oxygen atoms in total. The first-order chi connectivity index (χ1) is 16.1. The number of ketones is 1. The summed E-state index contributed by atoms with van der Waals surface area (Å²) in [6.45, 7) is 6.84. The zero-order valence-electron chi connectivity index (χ0n) is 20.0. The third kappa shape index (κ3) is 7.33. The molecule has 2 amide bonds. The highest BCUT2D eigenvalue weighted by molar-refractivity contribution is 7.91. The van der Waals surface area contributed by atoms with Crippen molar-refractivity contribution in [3.8, 4) is 0 Å². The number of aromatic nitrogens is 2. The van der Waals surface area contributed by atoms with Crippen LogP contribution in [0.15, 0.2) is 4.52 Å². The van der Waals surface area contributed by atoms with Gasteiger partial charge in [0.1, 0.15) is 0 Å². The number of carbonyl (C=O) groups is 3. The maximum atomic E-state index is 13.2. The average Bonchev–Trinajstić information content (AvgIpc) is 3.52. The van der Waals surface area contributed by atoms with Crippen molar-refractivity contribution in [3.63, 3.8) is 0 Å². The Kier molecular flexibility index (Phi) is 8.80. The number of morpholine rings is 1. The molecule has 34 heavy (non-hydrogen) atoms. The summed E-state index contributed by atoms with van der Waals surface area (Å²) in [6, 6.07) is -0.964. The second-order valence-electron chi connectivity index (χ2n) is 9.43. The van der Waals surface area contributed by atoms with Crippen LogP contribution in [0.2, 0.25) is 0 Å².